The number of hydrogen-bond acceptors (Lipinski definition) is 2. The summed E-state index contributed by atoms with van der Waals surface area (Å²) in [6.45, 7) is 4.32. The van der Waals surface area contributed by atoms with Crippen molar-refractivity contribution in [1.29, 1.82) is 0 Å². The SMILES string of the molecule is C=C(c1ccc(OCO)c(CC)c1)C(F)(F)F. The average molecular weight is 246 g/mol. The molecule has 0 spiro atoms. The van der Waals surface area contributed by atoms with Crippen LogP contribution in [0.3, 0.4) is 0 Å². The molecule has 1 aromatic rings. The number of ether oxygens (including phenoxy) is 1. The summed E-state index contributed by atoms with van der Waals surface area (Å²) in [5.41, 5.74) is -0.274. The highest BCUT2D eigenvalue weighted by atomic mass is 19.4. The molecule has 0 atom stereocenters. The van der Waals surface area contributed by atoms with Crippen LogP contribution in [0.15, 0.2) is 24.8 Å². The fourth-order valence-electron chi connectivity index (χ4n) is 1.42. The van der Waals surface area contributed by atoms with E-state index in [0.29, 0.717) is 17.7 Å². The normalized spacial score (nSPS) is 11.4. The number of aliphatic hydroxyl groups is 1. The van der Waals surface area contributed by atoms with Crippen LogP contribution >= 0.6 is 0 Å². The van der Waals surface area contributed by atoms with E-state index in [1.54, 1.807) is 6.92 Å². The highest BCUT2D eigenvalue weighted by Crippen LogP contribution is 2.34. The van der Waals surface area contributed by atoms with Gasteiger partial charge in [-0.15, -0.1) is 0 Å². The Morgan fingerprint density at radius 1 is 1.41 bits per heavy atom. The average Bonchev–Trinajstić information content (AvgIpc) is 2.28. The number of aryl methyl sites for hydroxylation is 1. The Bertz CT molecular complexity index is 411. The second-order valence-corrected chi connectivity index (χ2v) is 3.43. The van der Waals surface area contributed by atoms with Crippen LogP contribution in [0.1, 0.15) is 18.1 Å². The minimum absolute atomic E-state index is 0.0136. The van der Waals surface area contributed by atoms with Crippen molar-refractivity contribution in [3.8, 4) is 5.75 Å². The maximum atomic E-state index is 12.4. The molecule has 0 bridgehead atoms. The van der Waals surface area contributed by atoms with Crippen molar-refractivity contribution in [2.45, 2.75) is 19.5 Å². The van der Waals surface area contributed by atoms with Crippen molar-refractivity contribution < 1.29 is 23.0 Å². The molecule has 0 aliphatic carbocycles. The Hall–Kier alpha value is -1.49. The third kappa shape index (κ3) is 3.23. The molecule has 0 saturated carbocycles. The van der Waals surface area contributed by atoms with Crippen LogP contribution in [0.25, 0.3) is 5.57 Å². The summed E-state index contributed by atoms with van der Waals surface area (Å²) in [6.07, 6.45) is -3.93. The van der Waals surface area contributed by atoms with Crippen molar-refractivity contribution in [2.24, 2.45) is 0 Å². The number of halogens is 3. The number of benzene rings is 1. The van der Waals surface area contributed by atoms with Gasteiger partial charge in [0.2, 0.25) is 0 Å². The molecular formula is C12H13F3O2. The first kappa shape index (κ1) is 13.6. The molecule has 0 saturated heterocycles. The van der Waals surface area contributed by atoms with E-state index >= 15 is 0 Å². The highest BCUT2D eigenvalue weighted by Gasteiger charge is 2.33. The van der Waals surface area contributed by atoms with E-state index in [2.05, 4.69) is 6.58 Å². The lowest BCUT2D eigenvalue weighted by Gasteiger charge is -2.13. The smallest absolute Gasteiger partial charge is 0.416 e. The maximum absolute atomic E-state index is 12.4. The van der Waals surface area contributed by atoms with Gasteiger partial charge in [0, 0.05) is 0 Å². The van der Waals surface area contributed by atoms with Crippen molar-refractivity contribution in [3.05, 3.63) is 35.9 Å². The molecule has 0 unspecified atom stereocenters. The number of hydrogen-bond donors (Lipinski definition) is 1. The van der Waals surface area contributed by atoms with Gasteiger partial charge in [0.15, 0.2) is 6.79 Å². The van der Waals surface area contributed by atoms with Crippen LogP contribution in [-0.4, -0.2) is 18.1 Å². The quantitative estimate of drug-likeness (QED) is 0.827. The molecule has 1 rings (SSSR count). The zero-order chi connectivity index (χ0) is 13.1. The van der Waals surface area contributed by atoms with Crippen LogP contribution in [0.5, 0.6) is 5.75 Å². The van der Waals surface area contributed by atoms with Gasteiger partial charge in [-0.2, -0.15) is 13.2 Å². The minimum Gasteiger partial charge on any atom is -0.467 e. The monoisotopic (exact) mass is 246 g/mol. The van der Waals surface area contributed by atoms with Gasteiger partial charge in [0.25, 0.3) is 0 Å². The van der Waals surface area contributed by atoms with Gasteiger partial charge >= 0.3 is 6.18 Å². The van der Waals surface area contributed by atoms with Gasteiger partial charge in [-0.25, -0.2) is 0 Å². The first-order chi connectivity index (χ1) is 7.90. The van der Waals surface area contributed by atoms with Crippen molar-refractivity contribution in [1.82, 2.24) is 0 Å². The van der Waals surface area contributed by atoms with E-state index in [9.17, 15) is 13.2 Å². The second kappa shape index (κ2) is 5.23. The van der Waals surface area contributed by atoms with E-state index in [1.165, 1.54) is 18.2 Å². The summed E-state index contributed by atoms with van der Waals surface area (Å²) in [7, 11) is 0. The summed E-state index contributed by atoms with van der Waals surface area (Å²) in [6, 6.07) is 4.06. The van der Waals surface area contributed by atoms with E-state index in [-0.39, 0.29) is 5.56 Å². The number of alkyl halides is 3. The van der Waals surface area contributed by atoms with Gasteiger partial charge in [-0.05, 0) is 29.7 Å². The molecule has 0 radical (unpaired) electrons. The number of rotatable bonds is 4. The molecule has 17 heavy (non-hydrogen) atoms. The van der Waals surface area contributed by atoms with E-state index in [4.69, 9.17) is 9.84 Å². The lowest BCUT2D eigenvalue weighted by molar-refractivity contribution is -0.0686. The Balaban J connectivity index is 3.09. The topological polar surface area (TPSA) is 29.5 Å². The van der Waals surface area contributed by atoms with Gasteiger partial charge in [0.05, 0.1) is 5.57 Å². The molecule has 0 aliphatic heterocycles. The Labute approximate surface area is 97.3 Å². The molecule has 1 N–H and O–H groups in total. The lowest BCUT2D eigenvalue weighted by atomic mass is 10.0. The van der Waals surface area contributed by atoms with E-state index < -0.39 is 18.5 Å². The molecule has 5 heteroatoms. The van der Waals surface area contributed by atoms with Crippen molar-refractivity contribution >= 4 is 5.57 Å². The fourth-order valence-corrected chi connectivity index (χ4v) is 1.42. The molecular weight excluding hydrogens is 233 g/mol. The summed E-state index contributed by atoms with van der Waals surface area (Å²) in [4.78, 5) is 0. The first-order valence-electron chi connectivity index (χ1n) is 5.03. The Morgan fingerprint density at radius 2 is 2.06 bits per heavy atom. The van der Waals surface area contributed by atoms with Crippen LogP contribution in [0.2, 0.25) is 0 Å². The Morgan fingerprint density at radius 3 is 2.53 bits per heavy atom. The van der Waals surface area contributed by atoms with Crippen molar-refractivity contribution in [2.75, 3.05) is 6.79 Å². The van der Waals surface area contributed by atoms with Gasteiger partial charge in [-0.3, -0.25) is 0 Å². The largest absolute Gasteiger partial charge is 0.467 e. The number of aliphatic hydroxyl groups excluding tert-OH is 1. The fraction of sp³-hybridized carbons (Fsp3) is 0.333. The molecule has 0 aliphatic rings. The first-order valence-corrected chi connectivity index (χ1v) is 5.03. The predicted octanol–water partition coefficient (Wildman–Crippen LogP) is 3.15. The zero-order valence-corrected chi connectivity index (χ0v) is 9.34. The molecule has 0 heterocycles. The molecule has 94 valence electrons. The summed E-state index contributed by atoms with van der Waals surface area (Å²) >= 11 is 0. The third-order valence-electron chi connectivity index (χ3n) is 2.35. The second-order valence-electron chi connectivity index (χ2n) is 3.43. The molecule has 0 amide bonds. The maximum Gasteiger partial charge on any atom is 0.416 e. The zero-order valence-electron chi connectivity index (χ0n) is 9.34. The van der Waals surface area contributed by atoms with Crippen LogP contribution in [0, 0.1) is 0 Å². The lowest BCUT2D eigenvalue weighted by Crippen LogP contribution is -2.10. The van der Waals surface area contributed by atoms with E-state index in [0.717, 1.165) is 0 Å². The predicted molar refractivity (Wildman–Crippen MR) is 58.6 cm³/mol. The van der Waals surface area contributed by atoms with Crippen molar-refractivity contribution in [3.63, 3.8) is 0 Å². The molecule has 2 nitrogen and oxygen atoms in total. The molecule has 0 aromatic heterocycles. The highest BCUT2D eigenvalue weighted by molar-refractivity contribution is 5.68. The number of allylic oxidation sites excluding steroid dienone is 1. The third-order valence-corrected chi connectivity index (χ3v) is 2.35. The molecule has 0 fully saturated rings. The van der Waals surface area contributed by atoms with E-state index in [1.807, 2.05) is 0 Å². The Kier molecular flexibility index (Phi) is 4.17. The summed E-state index contributed by atoms with van der Waals surface area (Å²) in [5.74, 6) is 0.383. The molecule has 1 aromatic carbocycles. The van der Waals surface area contributed by atoms with Crippen LogP contribution < -0.4 is 4.74 Å². The summed E-state index contributed by atoms with van der Waals surface area (Å²) in [5, 5.41) is 8.63. The summed E-state index contributed by atoms with van der Waals surface area (Å²) < 4.78 is 42.2. The standard InChI is InChI=1S/C12H13F3O2/c1-3-9-6-10(8(2)12(13,14)15)4-5-11(9)17-7-16/h4-6,16H,2-3,7H2,1H3. The van der Waals surface area contributed by atoms with Gasteiger partial charge in [0.1, 0.15) is 5.75 Å². The van der Waals surface area contributed by atoms with Gasteiger partial charge in [-0.1, -0.05) is 19.6 Å². The van der Waals surface area contributed by atoms with Crippen LogP contribution in [0.4, 0.5) is 13.2 Å². The van der Waals surface area contributed by atoms with Gasteiger partial charge < -0.3 is 9.84 Å². The van der Waals surface area contributed by atoms with Crippen LogP contribution in [-0.2, 0) is 6.42 Å². The minimum atomic E-state index is -4.44.